The summed E-state index contributed by atoms with van der Waals surface area (Å²) in [5.74, 6) is -0.0954. The summed E-state index contributed by atoms with van der Waals surface area (Å²) in [6, 6.07) is 19.8. The molecule has 0 radical (unpaired) electrons. The fraction of sp³-hybridized carbons (Fsp3) is 0.286. The topological polar surface area (TPSA) is 92.5 Å². The first kappa shape index (κ1) is 22.9. The van der Waals surface area contributed by atoms with Gasteiger partial charge in [-0.05, 0) is 25.5 Å². The van der Waals surface area contributed by atoms with Gasteiger partial charge in [0.2, 0.25) is 5.91 Å². The van der Waals surface area contributed by atoms with E-state index in [1.807, 2.05) is 62.4 Å². The SMILES string of the molecule is Cc1ccc(C(=O)[C@@H]2[C@H](c3cccc([N+](=O)[O-])c3)[C@H]3CSCN3[C@]23C(=O)Nc2ccc(C)cc23)cc1. The lowest BCUT2D eigenvalue weighted by Crippen LogP contribution is -2.52. The van der Waals surface area contributed by atoms with Crippen LogP contribution < -0.4 is 5.32 Å². The van der Waals surface area contributed by atoms with E-state index < -0.39 is 16.4 Å². The number of rotatable bonds is 4. The number of thioether (sulfide) groups is 1. The highest BCUT2D eigenvalue weighted by Gasteiger charge is 2.69. The van der Waals surface area contributed by atoms with E-state index in [9.17, 15) is 19.7 Å². The van der Waals surface area contributed by atoms with Crippen LogP contribution in [0, 0.1) is 29.9 Å². The van der Waals surface area contributed by atoms with Crippen LogP contribution >= 0.6 is 11.8 Å². The van der Waals surface area contributed by atoms with E-state index in [0.717, 1.165) is 33.7 Å². The lowest BCUT2D eigenvalue weighted by molar-refractivity contribution is -0.384. The molecular formula is C28H25N3O4S. The van der Waals surface area contributed by atoms with Crippen LogP contribution in [0.4, 0.5) is 11.4 Å². The molecule has 1 amide bonds. The lowest BCUT2D eigenvalue weighted by atomic mass is 9.69. The van der Waals surface area contributed by atoms with Crippen molar-refractivity contribution in [2.45, 2.75) is 31.3 Å². The van der Waals surface area contributed by atoms with Crippen molar-refractivity contribution < 1.29 is 14.5 Å². The van der Waals surface area contributed by atoms with Crippen molar-refractivity contribution in [3.8, 4) is 0 Å². The molecule has 7 nitrogen and oxygen atoms in total. The van der Waals surface area contributed by atoms with Gasteiger partial charge < -0.3 is 5.32 Å². The molecule has 3 aromatic rings. The first-order valence-corrected chi connectivity index (χ1v) is 13.1. The summed E-state index contributed by atoms with van der Waals surface area (Å²) >= 11 is 1.73. The molecule has 0 aromatic heterocycles. The van der Waals surface area contributed by atoms with Crippen LogP contribution in [-0.2, 0) is 10.3 Å². The number of non-ortho nitro benzene ring substituents is 1. The molecular weight excluding hydrogens is 474 g/mol. The third kappa shape index (κ3) is 3.17. The molecule has 0 bridgehead atoms. The summed E-state index contributed by atoms with van der Waals surface area (Å²) in [5, 5.41) is 14.7. The number of carbonyl (C=O) groups excluding carboxylic acids is 2. The molecule has 2 saturated heterocycles. The Hall–Kier alpha value is -3.49. The molecule has 4 atom stereocenters. The average molecular weight is 500 g/mol. The van der Waals surface area contributed by atoms with E-state index in [-0.39, 0.29) is 29.3 Å². The maximum absolute atomic E-state index is 14.4. The van der Waals surface area contributed by atoms with Crippen LogP contribution in [0.15, 0.2) is 66.7 Å². The van der Waals surface area contributed by atoms with Gasteiger partial charge in [-0.3, -0.25) is 24.6 Å². The van der Waals surface area contributed by atoms with E-state index in [2.05, 4.69) is 10.2 Å². The zero-order valence-electron chi connectivity index (χ0n) is 19.9. The molecule has 0 saturated carbocycles. The molecule has 2 fully saturated rings. The Morgan fingerprint density at radius 3 is 2.58 bits per heavy atom. The number of nitrogens with zero attached hydrogens (tertiary/aromatic N) is 2. The van der Waals surface area contributed by atoms with Crippen LogP contribution in [0.1, 0.15) is 38.5 Å². The number of nitro groups is 1. The van der Waals surface area contributed by atoms with Crippen LogP contribution in [0.25, 0.3) is 0 Å². The molecule has 0 unspecified atom stereocenters. The van der Waals surface area contributed by atoms with Gasteiger partial charge in [0.05, 0.1) is 10.8 Å². The minimum absolute atomic E-state index is 0.0145. The monoisotopic (exact) mass is 499 g/mol. The van der Waals surface area contributed by atoms with E-state index in [1.165, 1.54) is 6.07 Å². The van der Waals surface area contributed by atoms with E-state index in [4.69, 9.17) is 0 Å². The van der Waals surface area contributed by atoms with Crippen molar-refractivity contribution in [2.75, 3.05) is 16.9 Å². The predicted octanol–water partition coefficient (Wildman–Crippen LogP) is 5.03. The Kier molecular flexibility index (Phi) is 5.28. The molecule has 182 valence electrons. The number of hydrogen-bond donors (Lipinski definition) is 1. The smallest absolute Gasteiger partial charge is 0.269 e. The van der Waals surface area contributed by atoms with Gasteiger partial charge in [0.15, 0.2) is 5.78 Å². The maximum Gasteiger partial charge on any atom is 0.269 e. The number of anilines is 1. The second kappa shape index (κ2) is 8.28. The highest BCUT2D eigenvalue weighted by Crippen LogP contribution is 2.61. The second-order valence-corrected chi connectivity index (χ2v) is 10.9. The van der Waals surface area contributed by atoms with Crippen LogP contribution in [0.3, 0.4) is 0 Å². The molecule has 1 spiro atoms. The number of Topliss-reactive ketones (excluding diaryl/α,β-unsaturated/α-hetero) is 1. The molecule has 1 N–H and O–H groups in total. The third-order valence-corrected chi connectivity index (χ3v) is 8.90. The summed E-state index contributed by atoms with van der Waals surface area (Å²) in [6.45, 7) is 3.95. The van der Waals surface area contributed by atoms with Crippen molar-refractivity contribution in [3.63, 3.8) is 0 Å². The fourth-order valence-corrected chi connectivity index (χ4v) is 7.63. The van der Waals surface area contributed by atoms with E-state index in [0.29, 0.717) is 11.4 Å². The van der Waals surface area contributed by atoms with Gasteiger partial charge in [-0.15, -0.1) is 11.8 Å². The van der Waals surface area contributed by atoms with E-state index >= 15 is 0 Å². The third-order valence-electron chi connectivity index (χ3n) is 7.86. The summed E-state index contributed by atoms with van der Waals surface area (Å²) in [4.78, 5) is 41.9. The molecule has 36 heavy (non-hydrogen) atoms. The Bertz CT molecular complexity index is 1420. The number of amides is 1. The predicted molar refractivity (Wildman–Crippen MR) is 139 cm³/mol. The van der Waals surface area contributed by atoms with Crippen molar-refractivity contribution in [1.29, 1.82) is 0 Å². The van der Waals surface area contributed by atoms with Crippen molar-refractivity contribution in [2.24, 2.45) is 5.92 Å². The Morgan fingerprint density at radius 2 is 1.83 bits per heavy atom. The van der Waals surface area contributed by atoms with E-state index in [1.54, 1.807) is 23.9 Å². The average Bonchev–Trinajstić information content (AvgIpc) is 3.52. The number of nitro benzene ring substituents is 1. The van der Waals surface area contributed by atoms with Crippen LogP contribution in [-0.4, -0.2) is 39.2 Å². The van der Waals surface area contributed by atoms with Gasteiger partial charge in [0, 0.05) is 52.5 Å². The lowest BCUT2D eigenvalue weighted by Gasteiger charge is -2.36. The number of nitrogens with one attached hydrogen (secondary N) is 1. The number of carbonyl (C=O) groups is 2. The van der Waals surface area contributed by atoms with Gasteiger partial charge in [-0.1, -0.05) is 59.7 Å². The number of ketones is 1. The molecule has 3 aliphatic heterocycles. The van der Waals surface area contributed by atoms with Crippen LogP contribution in [0.2, 0.25) is 0 Å². The van der Waals surface area contributed by atoms with Gasteiger partial charge in [-0.2, -0.15) is 0 Å². The highest BCUT2D eigenvalue weighted by molar-refractivity contribution is 7.99. The van der Waals surface area contributed by atoms with Gasteiger partial charge in [0.1, 0.15) is 5.54 Å². The molecule has 3 aromatic carbocycles. The zero-order valence-corrected chi connectivity index (χ0v) is 20.7. The minimum atomic E-state index is -1.19. The Balaban J connectivity index is 1.62. The van der Waals surface area contributed by atoms with Crippen molar-refractivity contribution in [1.82, 2.24) is 4.90 Å². The quantitative estimate of drug-likeness (QED) is 0.308. The molecule has 8 heteroatoms. The molecule has 3 heterocycles. The summed E-state index contributed by atoms with van der Waals surface area (Å²) in [7, 11) is 0. The summed E-state index contributed by atoms with van der Waals surface area (Å²) in [6.07, 6.45) is 0. The highest BCUT2D eigenvalue weighted by atomic mass is 32.2. The molecule has 0 aliphatic carbocycles. The normalized spacial score (nSPS) is 26.6. The summed E-state index contributed by atoms with van der Waals surface area (Å²) in [5.41, 5.74) is 3.65. The Morgan fingerprint density at radius 1 is 1.08 bits per heavy atom. The fourth-order valence-electron chi connectivity index (χ4n) is 6.31. The summed E-state index contributed by atoms with van der Waals surface area (Å²) < 4.78 is 0. The van der Waals surface area contributed by atoms with Crippen molar-refractivity contribution >= 4 is 34.8 Å². The van der Waals surface area contributed by atoms with Gasteiger partial charge >= 0.3 is 0 Å². The molecule has 6 rings (SSSR count). The number of benzene rings is 3. The maximum atomic E-state index is 14.4. The largest absolute Gasteiger partial charge is 0.324 e. The van der Waals surface area contributed by atoms with Gasteiger partial charge in [0.25, 0.3) is 5.69 Å². The first-order chi connectivity index (χ1) is 17.3. The van der Waals surface area contributed by atoms with Crippen molar-refractivity contribution in [3.05, 3.63) is 105 Å². The number of hydrogen-bond acceptors (Lipinski definition) is 6. The zero-order chi connectivity index (χ0) is 25.2. The second-order valence-electron chi connectivity index (χ2n) is 9.89. The number of fused-ring (bicyclic) bond motifs is 4. The van der Waals surface area contributed by atoms with Gasteiger partial charge in [-0.25, -0.2) is 0 Å². The molecule has 3 aliphatic rings. The first-order valence-electron chi connectivity index (χ1n) is 11.9. The standard InChI is InChI=1S/C28H25N3O4S/c1-16-6-9-18(10-7-16)26(32)25-24(19-4-3-5-20(13-19)31(34)35)23-14-36-15-30(23)28(25)21-12-17(2)8-11-22(21)29-27(28)33/h3-13,23-25H,14-15H2,1-2H3,(H,29,33)/t23-,24-,25+,28+/m1/s1. The minimum Gasteiger partial charge on any atom is -0.324 e. The van der Waals surface area contributed by atoms with Crippen LogP contribution in [0.5, 0.6) is 0 Å². The number of aryl methyl sites for hydroxylation is 2. The Labute approximate surface area is 213 Å².